The van der Waals surface area contributed by atoms with Gasteiger partial charge in [0.05, 0.1) is 23.7 Å². The van der Waals surface area contributed by atoms with Crippen LogP contribution in [0.25, 0.3) is 0 Å². The number of nitrogens with zero attached hydrogens (tertiary/aromatic N) is 2. The predicted molar refractivity (Wildman–Crippen MR) is 64.7 cm³/mol. The second-order valence-corrected chi connectivity index (χ2v) is 3.83. The predicted octanol–water partition coefficient (Wildman–Crippen LogP) is 2.04. The molecular formula is C13H11N3O2. The molecule has 2 aromatic rings. The van der Waals surface area contributed by atoms with Gasteiger partial charge in [-0.05, 0) is 24.6 Å². The number of aryl methyl sites for hydroxylation is 1. The van der Waals surface area contributed by atoms with Crippen LogP contribution < -0.4 is 5.32 Å². The summed E-state index contributed by atoms with van der Waals surface area (Å²) in [6, 6.07) is 9.08. The molecule has 0 bridgehead atoms. The normalized spacial score (nSPS) is 9.78. The maximum atomic E-state index is 11.7. The highest BCUT2D eigenvalue weighted by Crippen LogP contribution is 2.08. The third-order valence-corrected chi connectivity index (χ3v) is 2.31. The highest BCUT2D eigenvalue weighted by molar-refractivity contribution is 5.90. The molecule has 0 aliphatic carbocycles. The fraction of sp³-hybridized carbons (Fsp3) is 0.154. The zero-order chi connectivity index (χ0) is 13.0. The molecule has 0 atom stereocenters. The first-order valence-electron chi connectivity index (χ1n) is 5.38. The van der Waals surface area contributed by atoms with Crippen LogP contribution in [0.2, 0.25) is 0 Å². The Hall–Kier alpha value is -2.61. The SMILES string of the molecule is Cc1coc(NC(=O)Cc2ccc(C#N)cc2)n1. The lowest BCUT2D eigenvalue weighted by atomic mass is 10.1. The molecule has 1 aromatic heterocycles. The Morgan fingerprint density at radius 3 is 2.72 bits per heavy atom. The number of anilines is 1. The molecule has 0 saturated carbocycles. The molecule has 0 radical (unpaired) electrons. The summed E-state index contributed by atoms with van der Waals surface area (Å²) in [5, 5.41) is 11.2. The number of rotatable bonds is 3. The van der Waals surface area contributed by atoms with Crippen LogP contribution >= 0.6 is 0 Å². The summed E-state index contributed by atoms with van der Waals surface area (Å²) >= 11 is 0. The van der Waals surface area contributed by atoms with Crippen LogP contribution in [-0.4, -0.2) is 10.9 Å². The molecule has 5 nitrogen and oxygen atoms in total. The van der Waals surface area contributed by atoms with Gasteiger partial charge in [0.2, 0.25) is 5.91 Å². The molecule has 0 fully saturated rings. The van der Waals surface area contributed by atoms with Gasteiger partial charge in [0.25, 0.3) is 0 Å². The van der Waals surface area contributed by atoms with E-state index in [1.807, 2.05) is 6.07 Å². The van der Waals surface area contributed by atoms with E-state index in [2.05, 4.69) is 10.3 Å². The average molecular weight is 241 g/mol. The molecule has 5 heteroatoms. The van der Waals surface area contributed by atoms with Crippen LogP contribution in [0.4, 0.5) is 6.01 Å². The fourth-order valence-corrected chi connectivity index (χ4v) is 1.46. The van der Waals surface area contributed by atoms with Crippen molar-refractivity contribution in [2.45, 2.75) is 13.3 Å². The summed E-state index contributed by atoms with van der Waals surface area (Å²) in [5.41, 5.74) is 2.11. The van der Waals surface area contributed by atoms with Crippen molar-refractivity contribution in [3.8, 4) is 6.07 Å². The Labute approximate surface area is 104 Å². The largest absolute Gasteiger partial charge is 0.432 e. The lowest BCUT2D eigenvalue weighted by molar-refractivity contribution is -0.115. The van der Waals surface area contributed by atoms with Gasteiger partial charge in [0.15, 0.2) is 0 Å². The maximum Gasteiger partial charge on any atom is 0.301 e. The van der Waals surface area contributed by atoms with Gasteiger partial charge in [-0.3, -0.25) is 10.1 Å². The van der Waals surface area contributed by atoms with Crippen LogP contribution in [0.1, 0.15) is 16.8 Å². The molecule has 1 heterocycles. The van der Waals surface area contributed by atoms with Gasteiger partial charge in [-0.15, -0.1) is 0 Å². The van der Waals surface area contributed by atoms with Gasteiger partial charge in [0, 0.05) is 0 Å². The molecule has 1 N–H and O–H groups in total. The van der Waals surface area contributed by atoms with E-state index >= 15 is 0 Å². The van der Waals surface area contributed by atoms with Gasteiger partial charge in [0.1, 0.15) is 6.26 Å². The van der Waals surface area contributed by atoms with E-state index in [4.69, 9.17) is 9.68 Å². The number of carbonyl (C=O) groups excluding carboxylic acids is 1. The summed E-state index contributed by atoms with van der Waals surface area (Å²) in [4.78, 5) is 15.6. The number of nitriles is 1. The zero-order valence-corrected chi connectivity index (χ0v) is 9.80. The van der Waals surface area contributed by atoms with Gasteiger partial charge < -0.3 is 4.42 Å². The summed E-state index contributed by atoms with van der Waals surface area (Å²) in [6.07, 6.45) is 1.68. The lowest BCUT2D eigenvalue weighted by Crippen LogP contribution is -2.14. The number of benzene rings is 1. The summed E-state index contributed by atoms with van der Waals surface area (Å²) in [5.74, 6) is -0.207. The van der Waals surface area contributed by atoms with E-state index in [-0.39, 0.29) is 18.3 Å². The molecule has 0 saturated heterocycles. The number of nitrogens with one attached hydrogen (secondary N) is 1. The van der Waals surface area contributed by atoms with Crippen molar-refractivity contribution in [1.29, 1.82) is 5.26 Å². The summed E-state index contributed by atoms with van der Waals surface area (Å²) < 4.78 is 5.02. The minimum Gasteiger partial charge on any atom is -0.432 e. The number of hydrogen-bond acceptors (Lipinski definition) is 4. The van der Waals surface area contributed by atoms with Crippen LogP contribution in [0, 0.1) is 18.3 Å². The van der Waals surface area contributed by atoms with Crippen molar-refractivity contribution in [3.05, 3.63) is 47.3 Å². The zero-order valence-electron chi connectivity index (χ0n) is 9.80. The number of aromatic nitrogens is 1. The highest BCUT2D eigenvalue weighted by Gasteiger charge is 2.07. The maximum absolute atomic E-state index is 11.7. The van der Waals surface area contributed by atoms with Crippen LogP contribution in [0.3, 0.4) is 0 Å². The number of amides is 1. The standard InChI is InChI=1S/C13H11N3O2/c1-9-8-18-13(15-9)16-12(17)6-10-2-4-11(7-14)5-3-10/h2-5,8H,6H2,1H3,(H,15,16,17). The number of carbonyl (C=O) groups is 1. The lowest BCUT2D eigenvalue weighted by Gasteiger charge is -2.01. The summed E-state index contributed by atoms with van der Waals surface area (Å²) in [7, 11) is 0. The molecule has 0 aliphatic rings. The minimum absolute atomic E-state index is 0.200. The van der Waals surface area contributed by atoms with Crippen LogP contribution in [-0.2, 0) is 11.2 Å². The molecule has 1 aromatic carbocycles. The van der Waals surface area contributed by atoms with Gasteiger partial charge in [-0.25, -0.2) is 0 Å². The number of hydrogen-bond donors (Lipinski definition) is 1. The topological polar surface area (TPSA) is 78.9 Å². The molecule has 0 aliphatic heterocycles. The smallest absolute Gasteiger partial charge is 0.301 e. The molecule has 0 unspecified atom stereocenters. The molecule has 18 heavy (non-hydrogen) atoms. The Bertz CT molecular complexity index is 593. The van der Waals surface area contributed by atoms with E-state index in [1.165, 1.54) is 6.26 Å². The van der Waals surface area contributed by atoms with E-state index in [9.17, 15) is 4.79 Å². The van der Waals surface area contributed by atoms with Crippen molar-refractivity contribution in [2.75, 3.05) is 5.32 Å². The Balaban J connectivity index is 1.96. The van der Waals surface area contributed by atoms with Crippen molar-refractivity contribution >= 4 is 11.9 Å². The van der Waals surface area contributed by atoms with Gasteiger partial charge in [-0.2, -0.15) is 10.2 Å². The third kappa shape index (κ3) is 2.95. The third-order valence-electron chi connectivity index (χ3n) is 2.31. The van der Waals surface area contributed by atoms with E-state index in [0.717, 1.165) is 5.56 Å². The molecular weight excluding hydrogens is 230 g/mol. The van der Waals surface area contributed by atoms with E-state index in [0.29, 0.717) is 11.3 Å². The van der Waals surface area contributed by atoms with E-state index in [1.54, 1.807) is 31.2 Å². The van der Waals surface area contributed by atoms with Crippen LogP contribution in [0.15, 0.2) is 34.9 Å². The Kier molecular flexibility index (Phi) is 3.39. The van der Waals surface area contributed by atoms with Crippen molar-refractivity contribution in [3.63, 3.8) is 0 Å². The molecule has 1 amide bonds. The first-order chi connectivity index (χ1) is 8.67. The highest BCUT2D eigenvalue weighted by atomic mass is 16.4. The molecule has 0 spiro atoms. The monoisotopic (exact) mass is 241 g/mol. The van der Waals surface area contributed by atoms with Crippen molar-refractivity contribution in [2.24, 2.45) is 0 Å². The number of oxazole rings is 1. The first-order valence-corrected chi connectivity index (χ1v) is 5.38. The van der Waals surface area contributed by atoms with Gasteiger partial charge in [-0.1, -0.05) is 12.1 Å². The van der Waals surface area contributed by atoms with E-state index < -0.39 is 0 Å². The van der Waals surface area contributed by atoms with Crippen LogP contribution in [0.5, 0.6) is 0 Å². The Morgan fingerprint density at radius 2 is 2.17 bits per heavy atom. The molecule has 90 valence electrons. The minimum atomic E-state index is -0.207. The Morgan fingerprint density at radius 1 is 1.44 bits per heavy atom. The summed E-state index contributed by atoms with van der Waals surface area (Å²) in [6.45, 7) is 1.78. The fourth-order valence-electron chi connectivity index (χ4n) is 1.46. The van der Waals surface area contributed by atoms with Crippen molar-refractivity contribution < 1.29 is 9.21 Å². The molecule has 2 rings (SSSR count). The quantitative estimate of drug-likeness (QED) is 0.891. The van der Waals surface area contributed by atoms with Crippen molar-refractivity contribution in [1.82, 2.24) is 4.98 Å². The second-order valence-electron chi connectivity index (χ2n) is 3.83. The van der Waals surface area contributed by atoms with Gasteiger partial charge >= 0.3 is 6.01 Å². The first kappa shape index (κ1) is 11.9. The average Bonchev–Trinajstić information content (AvgIpc) is 2.75. The second kappa shape index (κ2) is 5.15.